The molecule has 0 aromatic heterocycles. The van der Waals surface area contributed by atoms with Gasteiger partial charge in [0.15, 0.2) is 5.96 Å². The Balaban J connectivity index is 1.86. The highest BCUT2D eigenvalue weighted by Crippen LogP contribution is 2.46. The SMILES string of the molecule is CN=C(NCC1(CS(C)(=O)=O)CC1)Nc1cccc(OCCCOC)c1. The molecule has 1 aromatic rings. The standard InChI is InChI=1S/C18H29N3O4S/c1-19-17(20-13-18(8-9-18)14-26(3,22)23)21-15-6-4-7-16(12-15)25-11-5-10-24-2/h4,6-7,12H,5,8-11,13-14H2,1-3H3,(H2,19,20,21). The van der Waals surface area contributed by atoms with Crippen LogP contribution in [0.15, 0.2) is 29.3 Å². The zero-order chi connectivity index (χ0) is 19.0. The summed E-state index contributed by atoms with van der Waals surface area (Å²) >= 11 is 0. The van der Waals surface area contributed by atoms with Crippen molar-refractivity contribution in [3.63, 3.8) is 0 Å². The molecular formula is C18H29N3O4S. The largest absolute Gasteiger partial charge is 0.493 e. The molecule has 2 rings (SSSR count). The fourth-order valence-corrected chi connectivity index (χ4v) is 4.25. The van der Waals surface area contributed by atoms with Crippen molar-refractivity contribution < 1.29 is 17.9 Å². The zero-order valence-corrected chi connectivity index (χ0v) is 16.6. The Hall–Kier alpha value is -1.80. The van der Waals surface area contributed by atoms with Gasteiger partial charge in [-0.15, -0.1) is 0 Å². The van der Waals surface area contributed by atoms with Gasteiger partial charge in [-0.25, -0.2) is 8.42 Å². The van der Waals surface area contributed by atoms with Gasteiger partial charge < -0.3 is 20.1 Å². The van der Waals surface area contributed by atoms with Crippen LogP contribution < -0.4 is 15.4 Å². The lowest BCUT2D eigenvalue weighted by atomic mass is 10.1. The summed E-state index contributed by atoms with van der Waals surface area (Å²) in [5.41, 5.74) is 0.702. The number of anilines is 1. The Morgan fingerprint density at radius 1 is 1.31 bits per heavy atom. The lowest BCUT2D eigenvalue weighted by Gasteiger charge is -2.18. The second-order valence-electron chi connectivity index (χ2n) is 6.84. The van der Waals surface area contributed by atoms with Gasteiger partial charge in [-0.05, 0) is 25.0 Å². The molecule has 0 atom stereocenters. The molecule has 7 nitrogen and oxygen atoms in total. The summed E-state index contributed by atoms with van der Waals surface area (Å²) in [5.74, 6) is 1.60. The number of aliphatic imine (C=N–C) groups is 1. The maximum absolute atomic E-state index is 11.6. The van der Waals surface area contributed by atoms with E-state index in [1.165, 1.54) is 6.26 Å². The van der Waals surface area contributed by atoms with E-state index in [4.69, 9.17) is 9.47 Å². The van der Waals surface area contributed by atoms with Crippen molar-refractivity contribution in [1.29, 1.82) is 0 Å². The average Bonchev–Trinajstić information content (AvgIpc) is 3.33. The molecule has 1 aliphatic rings. The Kier molecular flexibility index (Phi) is 7.28. The Bertz CT molecular complexity index is 715. The van der Waals surface area contributed by atoms with Gasteiger partial charge in [-0.3, -0.25) is 4.99 Å². The minimum Gasteiger partial charge on any atom is -0.493 e. The van der Waals surface area contributed by atoms with Crippen molar-refractivity contribution in [1.82, 2.24) is 5.32 Å². The van der Waals surface area contributed by atoms with Crippen molar-refractivity contribution in [2.24, 2.45) is 10.4 Å². The van der Waals surface area contributed by atoms with Gasteiger partial charge in [-0.2, -0.15) is 0 Å². The number of sulfone groups is 1. The molecule has 1 saturated carbocycles. The van der Waals surface area contributed by atoms with Gasteiger partial charge in [0.1, 0.15) is 15.6 Å². The molecule has 8 heteroatoms. The van der Waals surface area contributed by atoms with Gasteiger partial charge >= 0.3 is 0 Å². The van der Waals surface area contributed by atoms with Gasteiger partial charge in [0.05, 0.1) is 12.4 Å². The van der Waals surface area contributed by atoms with Crippen LogP contribution in [0.3, 0.4) is 0 Å². The van der Waals surface area contributed by atoms with Gasteiger partial charge in [0.25, 0.3) is 0 Å². The van der Waals surface area contributed by atoms with E-state index in [0.29, 0.717) is 25.7 Å². The molecule has 2 N–H and O–H groups in total. The highest BCUT2D eigenvalue weighted by atomic mass is 32.2. The summed E-state index contributed by atoms with van der Waals surface area (Å²) in [6.45, 7) is 1.86. The predicted octanol–water partition coefficient (Wildman–Crippen LogP) is 1.91. The minimum atomic E-state index is -2.98. The molecule has 146 valence electrons. The van der Waals surface area contributed by atoms with Crippen LogP contribution in [-0.4, -0.2) is 60.3 Å². The topological polar surface area (TPSA) is 89.0 Å². The molecule has 1 aromatic carbocycles. The van der Waals surface area contributed by atoms with Crippen LogP contribution >= 0.6 is 0 Å². The second kappa shape index (κ2) is 9.23. The maximum Gasteiger partial charge on any atom is 0.195 e. The van der Waals surface area contributed by atoms with Crippen LogP contribution in [0.4, 0.5) is 5.69 Å². The molecule has 0 heterocycles. The molecule has 0 radical (unpaired) electrons. The molecule has 0 saturated heterocycles. The lowest BCUT2D eigenvalue weighted by Crippen LogP contribution is -2.37. The summed E-state index contributed by atoms with van der Waals surface area (Å²) in [6, 6.07) is 7.65. The highest BCUT2D eigenvalue weighted by Gasteiger charge is 2.45. The molecule has 0 aliphatic heterocycles. The molecule has 1 fully saturated rings. The van der Waals surface area contributed by atoms with Crippen molar-refractivity contribution in [2.75, 3.05) is 51.2 Å². The maximum atomic E-state index is 11.6. The number of nitrogens with zero attached hydrogens (tertiary/aromatic N) is 1. The van der Waals surface area contributed by atoms with Crippen molar-refractivity contribution >= 4 is 21.5 Å². The number of rotatable bonds is 10. The van der Waals surface area contributed by atoms with Crippen LogP contribution in [0.2, 0.25) is 0 Å². The van der Waals surface area contributed by atoms with E-state index < -0.39 is 9.84 Å². The van der Waals surface area contributed by atoms with Crippen LogP contribution in [0.1, 0.15) is 19.3 Å². The molecule has 0 bridgehead atoms. The Labute approximate surface area is 156 Å². The smallest absolute Gasteiger partial charge is 0.195 e. The first kappa shape index (κ1) is 20.5. The van der Waals surface area contributed by atoms with E-state index in [9.17, 15) is 8.42 Å². The monoisotopic (exact) mass is 383 g/mol. The van der Waals surface area contributed by atoms with E-state index >= 15 is 0 Å². The molecule has 0 amide bonds. The molecular weight excluding hydrogens is 354 g/mol. The number of hydrogen-bond donors (Lipinski definition) is 2. The number of guanidine groups is 1. The van der Waals surface area contributed by atoms with E-state index in [1.807, 2.05) is 24.3 Å². The van der Waals surface area contributed by atoms with Crippen molar-refractivity contribution in [2.45, 2.75) is 19.3 Å². The second-order valence-corrected chi connectivity index (χ2v) is 8.98. The van der Waals surface area contributed by atoms with E-state index in [-0.39, 0.29) is 11.2 Å². The molecule has 0 unspecified atom stereocenters. The third kappa shape index (κ3) is 7.21. The Morgan fingerprint density at radius 2 is 2.08 bits per heavy atom. The summed E-state index contributed by atoms with van der Waals surface area (Å²) in [6.07, 6.45) is 3.97. The highest BCUT2D eigenvalue weighted by molar-refractivity contribution is 7.90. The van der Waals surface area contributed by atoms with E-state index in [1.54, 1.807) is 14.2 Å². The zero-order valence-electron chi connectivity index (χ0n) is 15.7. The normalized spacial score (nSPS) is 16.2. The van der Waals surface area contributed by atoms with Crippen LogP contribution in [0.5, 0.6) is 5.75 Å². The third-order valence-electron chi connectivity index (χ3n) is 4.24. The third-order valence-corrected chi connectivity index (χ3v) is 5.37. The van der Waals surface area contributed by atoms with Gasteiger partial charge in [0.2, 0.25) is 0 Å². The summed E-state index contributed by atoms with van der Waals surface area (Å²) < 4.78 is 33.8. The first-order valence-corrected chi connectivity index (χ1v) is 10.8. The first-order valence-electron chi connectivity index (χ1n) is 8.73. The van der Waals surface area contributed by atoms with Gasteiger partial charge in [0, 0.05) is 57.2 Å². The Morgan fingerprint density at radius 3 is 2.69 bits per heavy atom. The number of hydrogen-bond acceptors (Lipinski definition) is 5. The molecule has 1 aliphatic carbocycles. The summed E-state index contributed by atoms with van der Waals surface area (Å²) in [4.78, 5) is 4.21. The van der Waals surface area contributed by atoms with Gasteiger partial charge in [-0.1, -0.05) is 6.07 Å². The van der Waals surface area contributed by atoms with Crippen molar-refractivity contribution in [3.8, 4) is 5.75 Å². The van der Waals surface area contributed by atoms with Crippen LogP contribution in [0.25, 0.3) is 0 Å². The summed E-state index contributed by atoms with van der Waals surface area (Å²) in [7, 11) is 0.385. The quantitative estimate of drug-likeness (QED) is 0.364. The average molecular weight is 384 g/mol. The fourth-order valence-electron chi connectivity index (χ4n) is 2.75. The van der Waals surface area contributed by atoms with E-state index in [0.717, 1.165) is 30.7 Å². The number of ether oxygens (including phenoxy) is 2. The fraction of sp³-hybridized carbons (Fsp3) is 0.611. The van der Waals surface area contributed by atoms with Crippen molar-refractivity contribution in [3.05, 3.63) is 24.3 Å². The molecule has 26 heavy (non-hydrogen) atoms. The minimum absolute atomic E-state index is 0.155. The van der Waals surface area contributed by atoms with E-state index in [2.05, 4.69) is 15.6 Å². The van der Waals surface area contributed by atoms with Crippen LogP contribution in [0, 0.1) is 5.41 Å². The first-order chi connectivity index (χ1) is 12.4. The van der Waals surface area contributed by atoms with Crippen LogP contribution in [-0.2, 0) is 14.6 Å². The summed E-state index contributed by atoms with van der Waals surface area (Å²) in [5, 5.41) is 6.46. The number of benzene rings is 1. The number of nitrogens with one attached hydrogen (secondary N) is 2. The predicted molar refractivity (Wildman–Crippen MR) is 105 cm³/mol. The molecule has 0 spiro atoms. The number of methoxy groups -OCH3 is 1. The lowest BCUT2D eigenvalue weighted by molar-refractivity contribution is 0.172.